The number of carbonyl (C=O) groups is 4. The number of rotatable bonds is 9. The minimum atomic E-state index is -0.782. The predicted octanol–water partition coefficient (Wildman–Crippen LogP) is 0.585. The van der Waals surface area contributed by atoms with Crippen molar-refractivity contribution < 1.29 is 19.2 Å². The van der Waals surface area contributed by atoms with Crippen LogP contribution >= 0.6 is 0 Å². The van der Waals surface area contributed by atoms with Crippen molar-refractivity contribution in [3.8, 4) is 0 Å². The Morgan fingerprint density at radius 1 is 1.04 bits per heavy atom. The first kappa shape index (κ1) is 24.1. The summed E-state index contributed by atoms with van der Waals surface area (Å²) in [5, 5.41) is 5.45. The van der Waals surface area contributed by atoms with Gasteiger partial charge in [0.05, 0.1) is 12.1 Å². The first-order chi connectivity index (χ1) is 13.0. The minimum Gasteiger partial charge on any atom is -0.345 e. The maximum Gasteiger partial charge on any atom is 0.243 e. The fraction of sp³-hybridized carbons (Fsp3) is 0.800. The summed E-state index contributed by atoms with van der Waals surface area (Å²) < 4.78 is 0. The summed E-state index contributed by atoms with van der Waals surface area (Å²) in [6.07, 6.45) is 1.59. The van der Waals surface area contributed by atoms with Gasteiger partial charge in [0, 0.05) is 13.0 Å². The standard InChI is InChI=1S/C20H36N4O4/c1-7-15(25)13(6)22-19(27)17(12(4)5)23-18(26)14-9-8-10-24(14)20(28)16(21)11(2)3/h11-14,16-17H,7-10,21H2,1-6H3,(H,22,27)(H,23,26). The van der Waals surface area contributed by atoms with Gasteiger partial charge in [-0.25, -0.2) is 0 Å². The lowest BCUT2D eigenvalue weighted by Gasteiger charge is -2.30. The fourth-order valence-electron chi connectivity index (χ4n) is 3.25. The molecule has 1 heterocycles. The highest BCUT2D eigenvalue weighted by molar-refractivity contribution is 5.95. The number of Topliss-reactive ketones (excluding diaryl/α,β-unsaturated/α-hetero) is 1. The smallest absolute Gasteiger partial charge is 0.243 e. The second kappa shape index (κ2) is 10.5. The van der Waals surface area contributed by atoms with Gasteiger partial charge in [0.2, 0.25) is 17.7 Å². The fourth-order valence-corrected chi connectivity index (χ4v) is 3.25. The zero-order valence-electron chi connectivity index (χ0n) is 18.0. The molecule has 0 aliphatic carbocycles. The van der Waals surface area contributed by atoms with Crippen LogP contribution in [0.2, 0.25) is 0 Å². The molecule has 1 aliphatic rings. The van der Waals surface area contributed by atoms with Crippen LogP contribution in [0.15, 0.2) is 0 Å². The van der Waals surface area contributed by atoms with E-state index in [0.717, 1.165) is 6.42 Å². The number of nitrogens with two attached hydrogens (primary N) is 1. The lowest BCUT2D eigenvalue weighted by molar-refractivity contribution is -0.141. The lowest BCUT2D eigenvalue weighted by Crippen LogP contribution is -2.58. The highest BCUT2D eigenvalue weighted by Crippen LogP contribution is 2.20. The van der Waals surface area contributed by atoms with E-state index < -0.39 is 30.1 Å². The Labute approximate surface area is 168 Å². The van der Waals surface area contributed by atoms with E-state index in [-0.39, 0.29) is 29.4 Å². The highest BCUT2D eigenvalue weighted by atomic mass is 16.2. The third-order valence-electron chi connectivity index (χ3n) is 5.28. The van der Waals surface area contributed by atoms with Gasteiger partial charge < -0.3 is 21.3 Å². The summed E-state index contributed by atoms with van der Waals surface area (Å²) in [7, 11) is 0. The van der Waals surface area contributed by atoms with Gasteiger partial charge >= 0.3 is 0 Å². The summed E-state index contributed by atoms with van der Waals surface area (Å²) in [5.74, 6) is -1.25. The van der Waals surface area contributed by atoms with Crippen molar-refractivity contribution in [1.82, 2.24) is 15.5 Å². The Morgan fingerprint density at radius 3 is 2.14 bits per heavy atom. The van der Waals surface area contributed by atoms with Gasteiger partial charge in [-0.15, -0.1) is 0 Å². The number of carbonyl (C=O) groups excluding carboxylic acids is 4. The zero-order valence-corrected chi connectivity index (χ0v) is 18.0. The quantitative estimate of drug-likeness (QED) is 0.526. The molecule has 28 heavy (non-hydrogen) atoms. The topological polar surface area (TPSA) is 122 Å². The van der Waals surface area contributed by atoms with Crippen LogP contribution in [-0.2, 0) is 19.2 Å². The van der Waals surface area contributed by atoms with E-state index in [2.05, 4.69) is 10.6 Å². The average molecular weight is 397 g/mol. The molecule has 1 fully saturated rings. The maximum atomic E-state index is 12.9. The van der Waals surface area contributed by atoms with Crippen LogP contribution in [0.1, 0.15) is 60.8 Å². The molecule has 8 nitrogen and oxygen atoms in total. The first-order valence-corrected chi connectivity index (χ1v) is 10.2. The van der Waals surface area contributed by atoms with E-state index in [4.69, 9.17) is 5.73 Å². The molecule has 0 radical (unpaired) electrons. The normalized spacial score (nSPS) is 20.0. The first-order valence-electron chi connectivity index (χ1n) is 10.2. The van der Waals surface area contributed by atoms with E-state index in [1.807, 2.05) is 27.7 Å². The van der Waals surface area contributed by atoms with Gasteiger partial charge in [0.1, 0.15) is 12.1 Å². The molecule has 0 aromatic heterocycles. The van der Waals surface area contributed by atoms with Gasteiger partial charge in [-0.3, -0.25) is 19.2 Å². The zero-order chi connectivity index (χ0) is 21.6. The largest absolute Gasteiger partial charge is 0.345 e. The minimum absolute atomic E-state index is 0.0245. The van der Waals surface area contributed by atoms with Crippen molar-refractivity contribution >= 4 is 23.5 Å². The van der Waals surface area contributed by atoms with E-state index in [1.165, 1.54) is 4.90 Å². The third kappa shape index (κ3) is 6.02. The third-order valence-corrected chi connectivity index (χ3v) is 5.28. The predicted molar refractivity (Wildman–Crippen MR) is 107 cm³/mol. The number of nitrogens with one attached hydrogen (secondary N) is 2. The molecule has 0 spiro atoms. The Morgan fingerprint density at radius 2 is 1.64 bits per heavy atom. The molecule has 160 valence electrons. The number of hydrogen-bond acceptors (Lipinski definition) is 5. The molecule has 4 N–H and O–H groups in total. The summed E-state index contributed by atoms with van der Waals surface area (Å²) in [4.78, 5) is 51.3. The van der Waals surface area contributed by atoms with Crippen molar-refractivity contribution in [2.24, 2.45) is 17.6 Å². The van der Waals surface area contributed by atoms with Crippen LogP contribution in [0, 0.1) is 11.8 Å². The van der Waals surface area contributed by atoms with Crippen molar-refractivity contribution in [1.29, 1.82) is 0 Å². The van der Waals surface area contributed by atoms with Gasteiger partial charge in [-0.1, -0.05) is 34.6 Å². The molecule has 0 aromatic rings. The Bertz CT molecular complexity index is 591. The number of nitrogens with zero attached hydrogens (tertiary/aromatic N) is 1. The van der Waals surface area contributed by atoms with Crippen LogP contribution in [0.5, 0.6) is 0 Å². The monoisotopic (exact) mass is 396 g/mol. The SMILES string of the molecule is CCC(=O)C(C)NC(=O)C(NC(=O)C1CCCN1C(=O)C(N)C(C)C)C(C)C. The molecule has 4 unspecified atom stereocenters. The lowest BCUT2D eigenvalue weighted by atomic mass is 10.0. The molecule has 8 heteroatoms. The molecule has 3 amide bonds. The van der Waals surface area contributed by atoms with E-state index in [0.29, 0.717) is 19.4 Å². The van der Waals surface area contributed by atoms with E-state index in [1.54, 1.807) is 13.8 Å². The number of hydrogen-bond donors (Lipinski definition) is 3. The highest BCUT2D eigenvalue weighted by Gasteiger charge is 2.38. The van der Waals surface area contributed by atoms with Crippen molar-refractivity contribution in [2.75, 3.05) is 6.54 Å². The van der Waals surface area contributed by atoms with Crippen LogP contribution in [0.3, 0.4) is 0 Å². The maximum absolute atomic E-state index is 12.9. The van der Waals surface area contributed by atoms with E-state index >= 15 is 0 Å². The van der Waals surface area contributed by atoms with Crippen molar-refractivity contribution in [2.45, 2.75) is 85.0 Å². The van der Waals surface area contributed by atoms with Crippen molar-refractivity contribution in [3.05, 3.63) is 0 Å². The summed E-state index contributed by atoms with van der Waals surface area (Å²) in [6, 6.07) is -2.67. The second-order valence-corrected chi connectivity index (χ2v) is 8.24. The van der Waals surface area contributed by atoms with Gasteiger partial charge in [0.25, 0.3) is 0 Å². The van der Waals surface area contributed by atoms with Gasteiger partial charge in [0.15, 0.2) is 5.78 Å². The molecule has 1 aliphatic heterocycles. The Balaban J connectivity index is 2.84. The Kier molecular flexibility index (Phi) is 9.07. The summed E-state index contributed by atoms with van der Waals surface area (Å²) >= 11 is 0. The van der Waals surface area contributed by atoms with Gasteiger partial charge in [-0.05, 0) is 31.6 Å². The van der Waals surface area contributed by atoms with Crippen LogP contribution < -0.4 is 16.4 Å². The molecular formula is C20H36N4O4. The molecule has 0 bridgehead atoms. The molecule has 1 rings (SSSR count). The molecule has 1 saturated heterocycles. The number of likely N-dealkylation sites (tertiary alicyclic amines) is 1. The van der Waals surface area contributed by atoms with Crippen LogP contribution in [0.4, 0.5) is 0 Å². The average Bonchev–Trinajstić information content (AvgIpc) is 3.13. The summed E-state index contributed by atoms with van der Waals surface area (Å²) in [6.45, 7) is 11.2. The summed E-state index contributed by atoms with van der Waals surface area (Å²) in [5.41, 5.74) is 5.98. The molecular weight excluding hydrogens is 360 g/mol. The van der Waals surface area contributed by atoms with Crippen molar-refractivity contribution in [3.63, 3.8) is 0 Å². The molecule has 0 saturated carbocycles. The number of amides is 3. The Hall–Kier alpha value is -1.96. The second-order valence-electron chi connectivity index (χ2n) is 8.24. The number of ketones is 1. The molecule has 4 atom stereocenters. The van der Waals surface area contributed by atoms with E-state index in [9.17, 15) is 19.2 Å². The van der Waals surface area contributed by atoms with Gasteiger partial charge in [-0.2, -0.15) is 0 Å². The molecule has 0 aromatic carbocycles. The van der Waals surface area contributed by atoms with Crippen LogP contribution in [-0.4, -0.2) is 59.1 Å². The van der Waals surface area contributed by atoms with Crippen LogP contribution in [0.25, 0.3) is 0 Å².